The predicted molar refractivity (Wildman–Crippen MR) is 72.2 cm³/mol. The quantitative estimate of drug-likeness (QED) is 0.755. The molecule has 0 aromatic carbocycles. The molecule has 0 saturated carbocycles. The molecule has 3 heterocycles. The molecular formula is C13H21N5O2. The second kappa shape index (κ2) is 5.49. The van der Waals surface area contributed by atoms with Crippen molar-refractivity contribution in [2.75, 3.05) is 13.2 Å². The maximum Gasteiger partial charge on any atom is 0.240 e. The second-order valence-electron chi connectivity index (χ2n) is 5.51. The largest absolute Gasteiger partial charge is 0.375 e. The first-order valence-electron chi connectivity index (χ1n) is 7.19. The molecule has 0 aliphatic carbocycles. The van der Waals surface area contributed by atoms with Gasteiger partial charge in [-0.15, -0.1) is 0 Å². The number of carbonyl (C=O) groups excluding carboxylic acids is 1. The van der Waals surface area contributed by atoms with Gasteiger partial charge in [-0.2, -0.15) is 5.10 Å². The fraction of sp³-hybridized carbons (Fsp3) is 0.769. The van der Waals surface area contributed by atoms with Crippen molar-refractivity contribution in [3.8, 4) is 0 Å². The highest BCUT2D eigenvalue weighted by Gasteiger charge is 2.30. The van der Waals surface area contributed by atoms with Crippen LogP contribution < -0.4 is 10.6 Å². The first-order valence-corrected chi connectivity index (χ1v) is 7.19. The number of nitrogens with zero attached hydrogens (tertiary/aromatic N) is 3. The number of morpholine rings is 1. The molecule has 3 atom stereocenters. The van der Waals surface area contributed by atoms with Crippen molar-refractivity contribution in [3.05, 3.63) is 11.6 Å². The molecular weight excluding hydrogens is 258 g/mol. The van der Waals surface area contributed by atoms with Gasteiger partial charge in [0.05, 0.1) is 19.3 Å². The van der Waals surface area contributed by atoms with E-state index in [1.54, 1.807) is 0 Å². The van der Waals surface area contributed by atoms with E-state index < -0.39 is 0 Å². The summed E-state index contributed by atoms with van der Waals surface area (Å²) in [4.78, 5) is 16.7. The van der Waals surface area contributed by atoms with Gasteiger partial charge in [-0.3, -0.25) is 4.79 Å². The molecule has 3 rings (SSSR count). The Morgan fingerprint density at radius 2 is 2.40 bits per heavy atom. The average Bonchev–Trinajstić information content (AvgIpc) is 2.78. The molecule has 2 aliphatic heterocycles. The summed E-state index contributed by atoms with van der Waals surface area (Å²) in [5, 5.41) is 10.7. The minimum Gasteiger partial charge on any atom is -0.375 e. The first kappa shape index (κ1) is 13.5. The number of carbonyl (C=O) groups is 1. The summed E-state index contributed by atoms with van der Waals surface area (Å²) in [7, 11) is 0. The van der Waals surface area contributed by atoms with Crippen LogP contribution >= 0.6 is 0 Å². The topological polar surface area (TPSA) is 81.1 Å². The maximum absolute atomic E-state index is 12.3. The molecule has 2 N–H and O–H groups in total. The van der Waals surface area contributed by atoms with Crippen LogP contribution in [0.2, 0.25) is 0 Å². The number of rotatable bonds is 2. The molecule has 2 aliphatic rings. The van der Waals surface area contributed by atoms with Crippen molar-refractivity contribution in [2.45, 2.75) is 51.4 Å². The molecule has 0 spiro atoms. The van der Waals surface area contributed by atoms with E-state index in [-0.39, 0.29) is 24.1 Å². The van der Waals surface area contributed by atoms with Gasteiger partial charge >= 0.3 is 0 Å². The zero-order valence-electron chi connectivity index (χ0n) is 11.9. The van der Waals surface area contributed by atoms with Crippen LogP contribution in [0.5, 0.6) is 0 Å². The lowest BCUT2D eigenvalue weighted by Gasteiger charge is -2.31. The van der Waals surface area contributed by atoms with Crippen LogP contribution in [0.25, 0.3) is 0 Å². The van der Waals surface area contributed by atoms with Crippen LogP contribution in [0.15, 0.2) is 0 Å². The summed E-state index contributed by atoms with van der Waals surface area (Å²) in [6.45, 7) is 5.90. The summed E-state index contributed by atoms with van der Waals surface area (Å²) >= 11 is 0. The third kappa shape index (κ3) is 2.69. The fourth-order valence-corrected chi connectivity index (χ4v) is 2.87. The van der Waals surface area contributed by atoms with E-state index in [9.17, 15) is 4.79 Å². The third-order valence-corrected chi connectivity index (χ3v) is 3.91. The number of fused-ring (bicyclic) bond motifs is 1. The Morgan fingerprint density at radius 3 is 3.20 bits per heavy atom. The van der Waals surface area contributed by atoms with E-state index in [0.717, 1.165) is 31.0 Å². The number of ether oxygens (including phenoxy) is 1. The summed E-state index contributed by atoms with van der Waals surface area (Å²) in [5.74, 6) is 1.82. The molecule has 7 nitrogen and oxygen atoms in total. The Bertz CT molecular complexity index is 501. The van der Waals surface area contributed by atoms with Crippen LogP contribution in [0, 0.1) is 6.92 Å². The van der Waals surface area contributed by atoms with Crippen LogP contribution in [0.3, 0.4) is 0 Å². The number of nitrogens with one attached hydrogen (secondary N) is 2. The predicted octanol–water partition coefficient (Wildman–Crippen LogP) is -0.606. The molecule has 1 fully saturated rings. The van der Waals surface area contributed by atoms with Crippen LogP contribution in [-0.4, -0.2) is 52.0 Å². The third-order valence-electron chi connectivity index (χ3n) is 3.91. The highest BCUT2D eigenvalue weighted by Crippen LogP contribution is 2.13. The van der Waals surface area contributed by atoms with Crippen molar-refractivity contribution in [1.29, 1.82) is 0 Å². The second-order valence-corrected chi connectivity index (χ2v) is 5.51. The molecule has 0 radical (unpaired) electrons. The smallest absolute Gasteiger partial charge is 0.240 e. The van der Waals surface area contributed by atoms with Crippen LogP contribution in [0.1, 0.15) is 25.0 Å². The SMILES string of the molecule is Cc1nc2n(n1)CC(NC(=O)[C@H]1NCCO[C@@H]1C)CC2. The molecule has 1 amide bonds. The first-order chi connectivity index (χ1) is 9.63. The van der Waals surface area contributed by atoms with Gasteiger partial charge in [0.1, 0.15) is 17.7 Å². The van der Waals surface area contributed by atoms with Crippen LogP contribution in [0.4, 0.5) is 0 Å². The molecule has 1 aromatic heterocycles. The maximum atomic E-state index is 12.3. The minimum absolute atomic E-state index is 0.0162. The van der Waals surface area contributed by atoms with Crippen molar-refractivity contribution in [3.63, 3.8) is 0 Å². The van der Waals surface area contributed by atoms with E-state index in [0.29, 0.717) is 13.2 Å². The van der Waals surface area contributed by atoms with E-state index in [2.05, 4.69) is 20.7 Å². The number of aryl methyl sites for hydroxylation is 2. The Kier molecular flexibility index (Phi) is 3.71. The summed E-state index contributed by atoms with van der Waals surface area (Å²) in [6.07, 6.45) is 1.68. The van der Waals surface area contributed by atoms with E-state index in [4.69, 9.17) is 4.74 Å². The van der Waals surface area contributed by atoms with Crippen molar-refractivity contribution in [2.24, 2.45) is 0 Å². The average molecular weight is 279 g/mol. The number of aromatic nitrogens is 3. The Balaban J connectivity index is 1.60. The van der Waals surface area contributed by atoms with Gasteiger partial charge in [-0.25, -0.2) is 9.67 Å². The lowest BCUT2D eigenvalue weighted by Crippen LogP contribution is -2.57. The zero-order valence-corrected chi connectivity index (χ0v) is 11.9. The van der Waals surface area contributed by atoms with Gasteiger partial charge in [0.25, 0.3) is 0 Å². The lowest BCUT2D eigenvalue weighted by atomic mass is 10.1. The molecule has 110 valence electrons. The normalized spacial score (nSPS) is 29.8. The molecule has 7 heteroatoms. The van der Waals surface area contributed by atoms with Gasteiger partial charge in [0.15, 0.2) is 0 Å². The van der Waals surface area contributed by atoms with Gasteiger partial charge < -0.3 is 15.4 Å². The lowest BCUT2D eigenvalue weighted by molar-refractivity contribution is -0.129. The highest BCUT2D eigenvalue weighted by molar-refractivity contribution is 5.82. The standard InChI is InChI=1S/C13H21N5O2/c1-8-12(14-5-6-20-8)13(19)16-10-3-4-11-15-9(2)17-18(11)7-10/h8,10,12,14H,3-7H2,1-2H3,(H,16,19)/t8-,10?,12+/m1/s1. The van der Waals surface area contributed by atoms with Gasteiger partial charge in [0.2, 0.25) is 5.91 Å². The fourth-order valence-electron chi connectivity index (χ4n) is 2.87. The van der Waals surface area contributed by atoms with Crippen molar-refractivity contribution >= 4 is 5.91 Å². The van der Waals surface area contributed by atoms with Crippen molar-refractivity contribution in [1.82, 2.24) is 25.4 Å². The Morgan fingerprint density at radius 1 is 1.55 bits per heavy atom. The van der Waals surface area contributed by atoms with E-state index in [1.165, 1.54) is 0 Å². The Hall–Kier alpha value is -1.47. The van der Waals surface area contributed by atoms with Gasteiger partial charge in [0, 0.05) is 19.0 Å². The van der Waals surface area contributed by atoms with Gasteiger partial charge in [-0.1, -0.05) is 0 Å². The summed E-state index contributed by atoms with van der Waals surface area (Å²) < 4.78 is 7.41. The molecule has 1 saturated heterocycles. The minimum atomic E-state index is -0.261. The number of amides is 1. The zero-order chi connectivity index (χ0) is 14.1. The molecule has 20 heavy (non-hydrogen) atoms. The van der Waals surface area contributed by atoms with Crippen molar-refractivity contribution < 1.29 is 9.53 Å². The monoisotopic (exact) mass is 279 g/mol. The highest BCUT2D eigenvalue weighted by atomic mass is 16.5. The molecule has 1 unspecified atom stereocenters. The Labute approximate surface area is 118 Å². The summed E-state index contributed by atoms with van der Waals surface area (Å²) in [5.41, 5.74) is 0. The summed E-state index contributed by atoms with van der Waals surface area (Å²) in [6, 6.07) is -0.144. The number of hydrogen-bond donors (Lipinski definition) is 2. The van der Waals surface area contributed by atoms with Gasteiger partial charge in [-0.05, 0) is 20.3 Å². The van der Waals surface area contributed by atoms with E-state index >= 15 is 0 Å². The molecule has 1 aromatic rings. The molecule has 0 bridgehead atoms. The van der Waals surface area contributed by atoms with E-state index in [1.807, 2.05) is 18.5 Å². The van der Waals surface area contributed by atoms with Crippen LogP contribution in [-0.2, 0) is 22.5 Å². The number of hydrogen-bond acceptors (Lipinski definition) is 5.